The molecule has 0 fully saturated rings. The summed E-state index contributed by atoms with van der Waals surface area (Å²) < 4.78 is 1.72. The average Bonchev–Trinajstić information content (AvgIpc) is 2.89. The van der Waals surface area contributed by atoms with Crippen molar-refractivity contribution in [1.29, 1.82) is 0 Å². The molecule has 3 rings (SSSR count). The third-order valence-corrected chi connectivity index (χ3v) is 2.89. The summed E-state index contributed by atoms with van der Waals surface area (Å²) in [5.74, 6) is 0.709. The Morgan fingerprint density at radius 2 is 2.15 bits per heavy atom. The molecular formula is C14H15N5O. The lowest BCUT2D eigenvalue weighted by atomic mass is 10.2. The molecule has 0 unspecified atom stereocenters. The molecule has 0 spiro atoms. The monoisotopic (exact) mass is 269 g/mol. The Morgan fingerprint density at radius 3 is 3.00 bits per heavy atom. The fourth-order valence-corrected chi connectivity index (χ4v) is 1.94. The van der Waals surface area contributed by atoms with E-state index >= 15 is 0 Å². The predicted molar refractivity (Wildman–Crippen MR) is 76.4 cm³/mol. The minimum atomic E-state index is -0.421. The molecule has 0 aromatic carbocycles. The molecule has 3 heterocycles. The molecule has 6 nitrogen and oxygen atoms in total. The van der Waals surface area contributed by atoms with Crippen LogP contribution in [0.2, 0.25) is 0 Å². The first-order chi connectivity index (χ1) is 9.74. The summed E-state index contributed by atoms with van der Waals surface area (Å²) in [6.07, 6.45) is 1.43. The maximum atomic E-state index is 9.29. The zero-order valence-corrected chi connectivity index (χ0v) is 11.1. The lowest BCUT2D eigenvalue weighted by Gasteiger charge is -2.08. The Morgan fingerprint density at radius 1 is 1.25 bits per heavy atom. The second-order valence-electron chi connectivity index (χ2n) is 4.61. The van der Waals surface area contributed by atoms with E-state index in [2.05, 4.69) is 20.6 Å². The third-order valence-electron chi connectivity index (χ3n) is 2.89. The molecule has 0 aliphatic rings. The van der Waals surface area contributed by atoms with Gasteiger partial charge in [-0.1, -0.05) is 17.3 Å². The standard InChI is InChI=1S/C14H15N5O/c1-10(20)9-15-13-7-4-5-11(16-13)14-12-6-2-3-8-19(12)18-17-14/h2-8,10,20H,9H2,1H3,(H,15,16)/t10-/m0/s1. The van der Waals surface area contributed by atoms with Crippen LogP contribution in [0.1, 0.15) is 6.92 Å². The minimum Gasteiger partial charge on any atom is -0.392 e. The van der Waals surface area contributed by atoms with E-state index in [1.807, 2.05) is 42.6 Å². The van der Waals surface area contributed by atoms with Crippen molar-refractivity contribution in [3.63, 3.8) is 0 Å². The van der Waals surface area contributed by atoms with Gasteiger partial charge < -0.3 is 10.4 Å². The maximum absolute atomic E-state index is 9.29. The Kier molecular flexibility index (Phi) is 3.30. The fraction of sp³-hybridized carbons (Fsp3) is 0.214. The number of rotatable bonds is 4. The first kappa shape index (κ1) is 12.6. The summed E-state index contributed by atoms with van der Waals surface area (Å²) in [4.78, 5) is 4.50. The van der Waals surface area contributed by atoms with Gasteiger partial charge >= 0.3 is 0 Å². The van der Waals surface area contributed by atoms with Gasteiger partial charge in [-0.2, -0.15) is 0 Å². The highest BCUT2D eigenvalue weighted by molar-refractivity contribution is 5.74. The normalized spacial score (nSPS) is 12.5. The van der Waals surface area contributed by atoms with Crippen LogP contribution in [0.15, 0.2) is 42.6 Å². The van der Waals surface area contributed by atoms with Crippen LogP contribution in [0.25, 0.3) is 16.9 Å². The molecule has 2 N–H and O–H groups in total. The third kappa shape index (κ3) is 2.46. The molecule has 0 bridgehead atoms. The van der Waals surface area contributed by atoms with Crippen LogP contribution in [0.3, 0.4) is 0 Å². The van der Waals surface area contributed by atoms with E-state index < -0.39 is 6.10 Å². The molecule has 3 aromatic rings. The van der Waals surface area contributed by atoms with Crippen molar-refractivity contribution < 1.29 is 5.11 Å². The van der Waals surface area contributed by atoms with E-state index in [1.54, 1.807) is 11.4 Å². The van der Waals surface area contributed by atoms with E-state index in [0.717, 1.165) is 16.9 Å². The molecule has 6 heteroatoms. The second kappa shape index (κ2) is 5.26. The van der Waals surface area contributed by atoms with E-state index in [1.165, 1.54) is 0 Å². The highest BCUT2D eigenvalue weighted by atomic mass is 16.3. The Labute approximate surface area is 116 Å². The number of nitrogens with one attached hydrogen (secondary N) is 1. The number of anilines is 1. The van der Waals surface area contributed by atoms with Crippen molar-refractivity contribution in [3.05, 3.63) is 42.6 Å². The molecular weight excluding hydrogens is 254 g/mol. The van der Waals surface area contributed by atoms with Crippen molar-refractivity contribution >= 4 is 11.3 Å². The van der Waals surface area contributed by atoms with Crippen molar-refractivity contribution in [3.8, 4) is 11.4 Å². The molecule has 0 saturated heterocycles. The van der Waals surface area contributed by atoms with Crippen LogP contribution in [0.5, 0.6) is 0 Å². The van der Waals surface area contributed by atoms with Gasteiger partial charge in [0.2, 0.25) is 0 Å². The van der Waals surface area contributed by atoms with Gasteiger partial charge in [0, 0.05) is 12.7 Å². The summed E-state index contributed by atoms with van der Waals surface area (Å²) in [5.41, 5.74) is 2.40. The quantitative estimate of drug-likeness (QED) is 0.752. The highest BCUT2D eigenvalue weighted by Gasteiger charge is 2.10. The Bertz CT molecular complexity index is 722. The zero-order chi connectivity index (χ0) is 13.9. The van der Waals surface area contributed by atoms with Crippen LogP contribution >= 0.6 is 0 Å². The molecule has 102 valence electrons. The van der Waals surface area contributed by atoms with Gasteiger partial charge in [-0.05, 0) is 31.2 Å². The summed E-state index contributed by atoms with van der Waals surface area (Å²) >= 11 is 0. The molecule has 0 aliphatic carbocycles. The Hall–Kier alpha value is -2.47. The minimum absolute atomic E-state index is 0.421. The van der Waals surface area contributed by atoms with E-state index in [0.29, 0.717) is 12.4 Å². The average molecular weight is 269 g/mol. The number of hydrogen-bond donors (Lipinski definition) is 2. The lowest BCUT2D eigenvalue weighted by molar-refractivity contribution is 0.208. The smallest absolute Gasteiger partial charge is 0.139 e. The van der Waals surface area contributed by atoms with E-state index in [4.69, 9.17) is 0 Å². The molecule has 0 aliphatic heterocycles. The van der Waals surface area contributed by atoms with Crippen molar-refractivity contribution in [2.24, 2.45) is 0 Å². The number of fused-ring (bicyclic) bond motifs is 1. The number of hydrogen-bond acceptors (Lipinski definition) is 5. The van der Waals surface area contributed by atoms with Gasteiger partial charge in [-0.15, -0.1) is 5.10 Å². The number of aliphatic hydroxyl groups excluding tert-OH is 1. The highest BCUT2D eigenvalue weighted by Crippen LogP contribution is 2.21. The molecule has 0 saturated carbocycles. The molecule has 1 atom stereocenters. The van der Waals surface area contributed by atoms with Crippen molar-refractivity contribution in [1.82, 2.24) is 19.8 Å². The van der Waals surface area contributed by atoms with Crippen molar-refractivity contribution in [2.45, 2.75) is 13.0 Å². The van der Waals surface area contributed by atoms with Gasteiger partial charge in [0.1, 0.15) is 11.5 Å². The van der Waals surface area contributed by atoms with E-state index in [-0.39, 0.29) is 0 Å². The predicted octanol–water partition coefficient (Wildman–Crippen LogP) is 1.58. The van der Waals surface area contributed by atoms with Crippen LogP contribution in [0, 0.1) is 0 Å². The summed E-state index contributed by atoms with van der Waals surface area (Å²) in [6, 6.07) is 11.5. The molecule has 20 heavy (non-hydrogen) atoms. The summed E-state index contributed by atoms with van der Waals surface area (Å²) in [7, 11) is 0. The van der Waals surface area contributed by atoms with Crippen LogP contribution < -0.4 is 5.32 Å². The van der Waals surface area contributed by atoms with Gasteiger partial charge in [-0.3, -0.25) is 0 Å². The first-order valence-electron chi connectivity index (χ1n) is 6.43. The maximum Gasteiger partial charge on any atom is 0.139 e. The molecule has 0 amide bonds. The van der Waals surface area contributed by atoms with Gasteiger partial charge in [-0.25, -0.2) is 9.50 Å². The topological polar surface area (TPSA) is 75.3 Å². The number of pyridine rings is 2. The Balaban J connectivity index is 1.95. The summed E-state index contributed by atoms with van der Waals surface area (Å²) in [5, 5.41) is 20.6. The van der Waals surface area contributed by atoms with Crippen molar-refractivity contribution in [2.75, 3.05) is 11.9 Å². The van der Waals surface area contributed by atoms with Crippen LogP contribution in [0.4, 0.5) is 5.82 Å². The zero-order valence-electron chi connectivity index (χ0n) is 11.1. The first-order valence-corrected chi connectivity index (χ1v) is 6.43. The number of aliphatic hydroxyl groups is 1. The summed E-state index contributed by atoms with van der Waals surface area (Å²) in [6.45, 7) is 2.18. The van der Waals surface area contributed by atoms with E-state index in [9.17, 15) is 5.11 Å². The lowest BCUT2D eigenvalue weighted by Crippen LogP contribution is -2.16. The molecule has 3 aromatic heterocycles. The number of nitrogens with zero attached hydrogens (tertiary/aromatic N) is 4. The van der Waals surface area contributed by atoms with Crippen LogP contribution in [-0.4, -0.2) is 37.6 Å². The van der Waals surface area contributed by atoms with Gasteiger partial charge in [0.15, 0.2) is 0 Å². The SMILES string of the molecule is C[C@H](O)CNc1cccc(-c2nnn3ccccc23)n1. The second-order valence-corrected chi connectivity index (χ2v) is 4.61. The largest absolute Gasteiger partial charge is 0.392 e. The fourth-order valence-electron chi connectivity index (χ4n) is 1.94. The number of aromatic nitrogens is 4. The van der Waals surface area contributed by atoms with Crippen LogP contribution in [-0.2, 0) is 0 Å². The van der Waals surface area contributed by atoms with Gasteiger partial charge in [0.05, 0.1) is 17.3 Å². The van der Waals surface area contributed by atoms with Gasteiger partial charge in [0.25, 0.3) is 0 Å². The molecule has 0 radical (unpaired) electrons.